The zero-order valence-corrected chi connectivity index (χ0v) is 8.90. The molecule has 0 aliphatic carbocycles. The SMILES string of the molecule is NCc1cnc2c3c(nn2c1N)NCCC3. The van der Waals surface area contributed by atoms with Crippen LogP contribution < -0.4 is 16.8 Å². The molecule has 3 rings (SSSR count). The number of nitrogen functional groups attached to an aromatic ring is 1. The minimum Gasteiger partial charge on any atom is -0.383 e. The highest BCUT2D eigenvalue weighted by Gasteiger charge is 2.18. The van der Waals surface area contributed by atoms with Crippen LogP contribution in [-0.4, -0.2) is 21.1 Å². The van der Waals surface area contributed by atoms with Crippen LogP contribution in [0.15, 0.2) is 6.20 Å². The van der Waals surface area contributed by atoms with Gasteiger partial charge in [0, 0.05) is 30.4 Å². The molecule has 1 aliphatic rings. The molecule has 6 nitrogen and oxygen atoms in total. The normalized spacial score (nSPS) is 14.8. The summed E-state index contributed by atoms with van der Waals surface area (Å²) in [6, 6.07) is 0. The molecule has 0 amide bonds. The van der Waals surface area contributed by atoms with E-state index in [9.17, 15) is 0 Å². The van der Waals surface area contributed by atoms with E-state index in [0.717, 1.165) is 42.0 Å². The lowest BCUT2D eigenvalue weighted by atomic mass is 10.1. The summed E-state index contributed by atoms with van der Waals surface area (Å²) in [5.41, 5.74) is 14.4. The first-order valence-electron chi connectivity index (χ1n) is 5.40. The molecule has 0 aromatic carbocycles. The molecule has 0 atom stereocenters. The number of rotatable bonds is 1. The first kappa shape index (κ1) is 9.41. The monoisotopic (exact) mass is 218 g/mol. The van der Waals surface area contributed by atoms with Crippen molar-refractivity contribution >= 4 is 17.3 Å². The van der Waals surface area contributed by atoms with E-state index < -0.39 is 0 Å². The molecule has 84 valence electrons. The van der Waals surface area contributed by atoms with E-state index in [-0.39, 0.29) is 0 Å². The van der Waals surface area contributed by atoms with E-state index in [1.165, 1.54) is 0 Å². The quantitative estimate of drug-likeness (QED) is 0.632. The molecule has 0 saturated carbocycles. The van der Waals surface area contributed by atoms with Crippen molar-refractivity contribution in [1.82, 2.24) is 14.6 Å². The summed E-state index contributed by atoms with van der Waals surface area (Å²) in [6.45, 7) is 1.34. The summed E-state index contributed by atoms with van der Waals surface area (Å²) in [7, 11) is 0. The second-order valence-corrected chi connectivity index (χ2v) is 3.97. The van der Waals surface area contributed by atoms with Crippen molar-refractivity contribution in [2.75, 3.05) is 17.6 Å². The largest absolute Gasteiger partial charge is 0.383 e. The van der Waals surface area contributed by atoms with Gasteiger partial charge in [-0.1, -0.05) is 0 Å². The standard InChI is InChI=1S/C10H14N6/c11-4-6-5-14-10-7-2-1-3-13-9(7)15-16(10)8(6)12/h5H,1-4,11-12H2,(H,13,15). The van der Waals surface area contributed by atoms with Crippen LogP contribution in [0.5, 0.6) is 0 Å². The van der Waals surface area contributed by atoms with Gasteiger partial charge in [-0.3, -0.25) is 0 Å². The van der Waals surface area contributed by atoms with E-state index in [4.69, 9.17) is 11.5 Å². The average molecular weight is 218 g/mol. The Kier molecular flexibility index (Phi) is 1.97. The lowest BCUT2D eigenvalue weighted by molar-refractivity contribution is 0.828. The predicted molar refractivity (Wildman–Crippen MR) is 62.1 cm³/mol. The average Bonchev–Trinajstić information content (AvgIpc) is 2.69. The van der Waals surface area contributed by atoms with Crippen molar-refractivity contribution in [1.29, 1.82) is 0 Å². The Labute approximate surface area is 92.6 Å². The Morgan fingerprint density at radius 1 is 1.50 bits per heavy atom. The van der Waals surface area contributed by atoms with Crippen LogP contribution in [0.2, 0.25) is 0 Å². The van der Waals surface area contributed by atoms with Gasteiger partial charge in [0.2, 0.25) is 0 Å². The third kappa shape index (κ3) is 1.16. The maximum atomic E-state index is 5.99. The van der Waals surface area contributed by atoms with E-state index in [1.807, 2.05) is 0 Å². The fourth-order valence-corrected chi connectivity index (χ4v) is 2.08. The summed E-state index contributed by atoms with van der Waals surface area (Å²) >= 11 is 0. The molecule has 6 heteroatoms. The number of nitrogens with zero attached hydrogens (tertiary/aromatic N) is 3. The number of hydrogen-bond acceptors (Lipinski definition) is 5. The molecule has 3 heterocycles. The van der Waals surface area contributed by atoms with E-state index in [0.29, 0.717) is 12.4 Å². The Balaban J connectivity index is 2.30. The van der Waals surface area contributed by atoms with Gasteiger partial charge < -0.3 is 16.8 Å². The van der Waals surface area contributed by atoms with Crippen LogP contribution in [0.3, 0.4) is 0 Å². The van der Waals surface area contributed by atoms with Crippen molar-refractivity contribution in [2.45, 2.75) is 19.4 Å². The van der Waals surface area contributed by atoms with Gasteiger partial charge in [0.15, 0.2) is 11.5 Å². The van der Waals surface area contributed by atoms with Crippen LogP contribution in [0.1, 0.15) is 17.5 Å². The Morgan fingerprint density at radius 3 is 3.19 bits per heavy atom. The van der Waals surface area contributed by atoms with Gasteiger partial charge >= 0.3 is 0 Å². The first-order valence-corrected chi connectivity index (χ1v) is 5.40. The second-order valence-electron chi connectivity index (χ2n) is 3.97. The minimum atomic E-state index is 0.382. The van der Waals surface area contributed by atoms with E-state index in [2.05, 4.69) is 15.4 Å². The van der Waals surface area contributed by atoms with E-state index >= 15 is 0 Å². The summed E-state index contributed by atoms with van der Waals surface area (Å²) in [4.78, 5) is 4.39. The van der Waals surface area contributed by atoms with Crippen molar-refractivity contribution in [3.8, 4) is 0 Å². The number of fused-ring (bicyclic) bond motifs is 3. The molecule has 2 aromatic heterocycles. The molecule has 2 aromatic rings. The fourth-order valence-electron chi connectivity index (χ4n) is 2.08. The summed E-state index contributed by atoms with van der Waals surface area (Å²) < 4.78 is 1.69. The number of aryl methyl sites for hydroxylation is 1. The number of hydrogen-bond donors (Lipinski definition) is 3. The molecule has 16 heavy (non-hydrogen) atoms. The van der Waals surface area contributed by atoms with Gasteiger partial charge in [0.1, 0.15) is 5.82 Å². The van der Waals surface area contributed by atoms with Crippen molar-refractivity contribution in [3.63, 3.8) is 0 Å². The minimum absolute atomic E-state index is 0.382. The fraction of sp³-hybridized carbons (Fsp3) is 0.400. The van der Waals surface area contributed by atoms with Crippen LogP contribution in [-0.2, 0) is 13.0 Å². The maximum Gasteiger partial charge on any atom is 0.162 e. The number of nitrogens with one attached hydrogen (secondary N) is 1. The Bertz CT molecular complexity index is 544. The van der Waals surface area contributed by atoms with Crippen molar-refractivity contribution in [3.05, 3.63) is 17.3 Å². The van der Waals surface area contributed by atoms with Crippen molar-refractivity contribution in [2.24, 2.45) is 5.73 Å². The van der Waals surface area contributed by atoms with Gasteiger partial charge in [-0.05, 0) is 12.8 Å². The zero-order chi connectivity index (χ0) is 11.1. The molecular formula is C10H14N6. The summed E-state index contributed by atoms with van der Waals surface area (Å²) in [5, 5.41) is 7.68. The first-order chi connectivity index (χ1) is 7.81. The predicted octanol–water partition coefficient (Wildman–Crippen LogP) is 0.128. The topological polar surface area (TPSA) is 94.3 Å². The summed E-state index contributed by atoms with van der Waals surface area (Å²) in [5.74, 6) is 1.49. The van der Waals surface area contributed by atoms with Crippen LogP contribution in [0.25, 0.3) is 5.65 Å². The maximum absolute atomic E-state index is 5.99. The number of anilines is 2. The molecule has 5 N–H and O–H groups in total. The van der Waals surface area contributed by atoms with Gasteiger partial charge in [-0.25, -0.2) is 4.98 Å². The number of nitrogens with two attached hydrogens (primary N) is 2. The molecule has 1 aliphatic heterocycles. The molecular weight excluding hydrogens is 204 g/mol. The molecule has 0 radical (unpaired) electrons. The highest BCUT2D eigenvalue weighted by Crippen LogP contribution is 2.26. The molecule has 0 spiro atoms. The summed E-state index contributed by atoms with van der Waals surface area (Å²) in [6.07, 6.45) is 3.84. The lowest BCUT2D eigenvalue weighted by Gasteiger charge is -2.10. The third-order valence-electron chi connectivity index (χ3n) is 2.97. The highest BCUT2D eigenvalue weighted by molar-refractivity contribution is 5.65. The van der Waals surface area contributed by atoms with Crippen LogP contribution >= 0.6 is 0 Å². The smallest absolute Gasteiger partial charge is 0.162 e. The van der Waals surface area contributed by atoms with Crippen molar-refractivity contribution < 1.29 is 0 Å². The zero-order valence-electron chi connectivity index (χ0n) is 8.90. The highest BCUT2D eigenvalue weighted by atomic mass is 15.3. The van der Waals surface area contributed by atoms with Gasteiger partial charge in [-0.15, -0.1) is 5.10 Å². The molecule has 0 unspecified atom stereocenters. The van der Waals surface area contributed by atoms with Crippen LogP contribution in [0, 0.1) is 0 Å². The molecule has 0 fully saturated rings. The van der Waals surface area contributed by atoms with Gasteiger partial charge in [0.05, 0.1) is 0 Å². The molecule has 0 saturated heterocycles. The van der Waals surface area contributed by atoms with E-state index in [1.54, 1.807) is 10.7 Å². The second kappa shape index (κ2) is 3.34. The third-order valence-corrected chi connectivity index (χ3v) is 2.97. The number of aromatic nitrogens is 3. The van der Waals surface area contributed by atoms with Gasteiger partial charge in [0.25, 0.3) is 0 Å². The Hall–Kier alpha value is -1.82. The Morgan fingerprint density at radius 2 is 2.38 bits per heavy atom. The molecule has 0 bridgehead atoms. The van der Waals surface area contributed by atoms with Gasteiger partial charge in [-0.2, -0.15) is 4.52 Å². The lowest BCUT2D eigenvalue weighted by Crippen LogP contribution is -2.10. The van der Waals surface area contributed by atoms with Crippen LogP contribution in [0.4, 0.5) is 11.6 Å².